The number of nitrogens with zero attached hydrogens (tertiary/aromatic N) is 2. The summed E-state index contributed by atoms with van der Waals surface area (Å²) < 4.78 is 18.1. The molecule has 27 heavy (non-hydrogen) atoms. The van der Waals surface area contributed by atoms with Crippen LogP contribution >= 0.6 is 0 Å². The van der Waals surface area contributed by atoms with Crippen LogP contribution in [0.2, 0.25) is 0 Å². The topological polar surface area (TPSA) is 73.2 Å². The van der Waals surface area contributed by atoms with Crippen molar-refractivity contribution in [2.75, 3.05) is 21.3 Å². The fraction of sp³-hybridized carbons (Fsp3) is 0.200. The number of hydrogen-bond donors (Lipinski definition) is 1. The van der Waals surface area contributed by atoms with E-state index in [0.29, 0.717) is 28.5 Å². The van der Waals surface area contributed by atoms with Crippen molar-refractivity contribution in [2.24, 2.45) is 5.16 Å². The van der Waals surface area contributed by atoms with Gasteiger partial charge in [-0.1, -0.05) is 0 Å². The Hall–Kier alpha value is -2.76. The van der Waals surface area contributed by atoms with Gasteiger partial charge in [-0.15, -0.1) is 0 Å². The Labute approximate surface area is 163 Å². The quantitative estimate of drug-likeness (QED) is 0.281. The molecule has 0 saturated heterocycles. The van der Waals surface area contributed by atoms with Gasteiger partial charge in [-0.05, 0) is 0 Å². The number of hydrogen-bond acceptors (Lipinski definition) is 6. The monoisotopic (exact) mass is 432 g/mol. The first-order valence-electron chi connectivity index (χ1n) is 8.18. The number of rotatable bonds is 6. The summed E-state index contributed by atoms with van der Waals surface area (Å²) in [4.78, 5) is 4.76. The Morgan fingerprint density at radius 2 is 1.63 bits per heavy atom. The van der Waals surface area contributed by atoms with Gasteiger partial charge < -0.3 is 0 Å². The number of oxime groups is 1. The van der Waals surface area contributed by atoms with E-state index >= 15 is 0 Å². The van der Waals surface area contributed by atoms with Crippen molar-refractivity contribution in [3.8, 4) is 28.5 Å². The van der Waals surface area contributed by atoms with E-state index < -0.39 is 0 Å². The van der Waals surface area contributed by atoms with Crippen molar-refractivity contribution in [3.63, 3.8) is 0 Å². The Kier molecular flexibility index (Phi) is 5.84. The maximum absolute atomic E-state index is 9.72. The molecule has 3 aromatic rings. The van der Waals surface area contributed by atoms with E-state index in [1.807, 2.05) is 30.3 Å². The first-order valence-corrected chi connectivity index (χ1v) is 9.89. The average molecular weight is 431 g/mol. The summed E-state index contributed by atoms with van der Waals surface area (Å²) in [6, 6.07) is 13.5. The molecule has 6 nitrogen and oxygen atoms in total. The van der Waals surface area contributed by atoms with E-state index in [1.54, 1.807) is 33.5 Å². The molecule has 0 radical (unpaired) electrons. The van der Waals surface area contributed by atoms with Crippen LogP contribution < -0.4 is 14.2 Å². The summed E-state index contributed by atoms with van der Waals surface area (Å²) in [7, 11) is 4.64. The molecule has 0 aliphatic carbocycles. The number of benzene rings is 2. The molecule has 3 rings (SSSR count). The van der Waals surface area contributed by atoms with Crippen molar-refractivity contribution >= 4 is 20.2 Å². The molecule has 1 aromatic heterocycles. The second kappa shape index (κ2) is 8.29. The summed E-state index contributed by atoms with van der Waals surface area (Å²) >= 11 is -0.0485. The molecule has 2 aromatic carbocycles. The van der Waals surface area contributed by atoms with Crippen LogP contribution in [0.5, 0.6) is 17.2 Å². The van der Waals surface area contributed by atoms with Crippen molar-refractivity contribution in [1.82, 2.24) is 4.98 Å². The van der Waals surface area contributed by atoms with Crippen LogP contribution in [0, 0.1) is 6.92 Å². The zero-order valence-electron chi connectivity index (χ0n) is 15.5. The Bertz CT molecular complexity index is 942. The van der Waals surface area contributed by atoms with E-state index in [1.165, 1.54) is 4.44 Å². The SMILES string of the molecule is COc1cc(C(=NO)c2nc(-c3ccccc3)c(C)[se]2)cc(OC)c1OC. The first kappa shape index (κ1) is 19.0. The van der Waals surface area contributed by atoms with Crippen LogP contribution in [0.15, 0.2) is 47.6 Å². The van der Waals surface area contributed by atoms with Gasteiger partial charge in [0.15, 0.2) is 0 Å². The van der Waals surface area contributed by atoms with Crippen LogP contribution in [0.1, 0.15) is 14.6 Å². The third kappa shape index (κ3) is 3.70. The zero-order chi connectivity index (χ0) is 19.4. The summed E-state index contributed by atoms with van der Waals surface area (Å²) in [5, 5.41) is 13.3. The van der Waals surface area contributed by atoms with Gasteiger partial charge in [-0.3, -0.25) is 0 Å². The molecular weight excluding hydrogens is 411 g/mol. The molecule has 0 unspecified atom stereocenters. The molecule has 140 valence electrons. The third-order valence-corrected chi connectivity index (χ3v) is 6.14. The van der Waals surface area contributed by atoms with Crippen molar-refractivity contribution in [3.05, 3.63) is 57.0 Å². The van der Waals surface area contributed by atoms with Crippen LogP contribution in [-0.4, -0.2) is 51.7 Å². The van der Waals surface area contributed by atoms with E-state index in [2.05, 4.69) is 12.1 Å². The second-order valence-corrected chi connectivity index (χ2v) is 8.18. The predicted molar refractivity (Wildman–Crippen MR) is 105 cm³/mol. The van der Waals surface area contributed by atoms with Crippen molar-refractivity contribution in [2.45, 2.75) is 6.92 Å². The molecule has 0 amide bonds. The molecule has 0 fully saturated rings. The van der Waals surface area contributed by atoms with E-state index in [0.717, 1.165) is 15.8 Å². The Morgan fingerprint density at radius 1 is 1.00 bits per heavy atom. The van der Waals surface area contributed by atoms with Gasteiger partial charge >= 0.3 is 164 Å². The maximum atomic E-state index is 9.72. The van der Waals surface area contributed by atoms with Crippen molar-refractivity contribution < 1.29 is 19.4 Å². The molecule has 0 saturated carbocycles. The van der Waals surface area contributed by atoms with Gasteiger partial charge in [0.25, 0.3) is 0 Å². The average Bonchev–Trinajstić information content (AvgIpc) is 3.09. The van der Waals surface area contributed by atoms with E-state index in [9.17, 15) is 5.21 Å². The summed E-state index contributed by atoms with van der Waals surface area (Å²) in [6.45, 7) is 2.06. The number of methoxy groups -OCH3 is 3. The van der Waals surface area contributed by atoms with Crippen LogP contribution in [0.4, 0.5) is 0 Å². The van der Waals surface area contributed by atoms with Gasteiger partial charge in [0, 0.05) is 0 Å². The van der Waals surface area contributed by atoms with Gasteiger partial charge in [0.05, 0.1) is 0 Å². The van der Waals surface area contributed by atoms with Crippen LogP contribution in [-0.2, 0) is 0 Å². The van der Waals surface area contributed by atoms with Gasteiger partial charge in [-0.25, -0.2) is 0 Å². The number of aryl methyl sites for hydroxylation is 1. The Morgan fingerprint density at radius 3 is 2.15 bits per heavy atom. The fourth-order valence-electron chi connectivity index (χ4n) is 2.80. The molecule has 1 heterocycles. The first-order chi connectivity index (χ1) is 13.1. The third-order valence-electron chi connectivity index (χ3n) is 4.08. The summed E-state index contributed by atoms with van der Waals surface area (Å²) in [5.74, 6) is 1.47. The number of ether oxygens (including phenoxy) is 3. The van der Waals surface area contributed by atoms with Crippen LogP contribution in [0.3, 0.4) is 0 Å². The molecule has 0 aliphatic heterocycles. The second-order valence-electron chi connectivity index (χ2n) is 5.65. The summed E-state index contributed by atoms with van der Waals surface area (Å²) in [6.07, 6.45) is 0. The summed E-state index contributed by atoms with van der Waals surface area (Å²) in [5.41, 5.74) is 3.03. The van der Waals surface area contributed by atoms with Crippen molar-refractivity contribution in [1.29, 1.82) is 0 Å². The normalized spacial score (nSPS) is 11.3. The van der Waals surface area contributed by atoms with Crippen LogP contribution in [0.25, 0.3) is 11.3 Å². The molecule has 7 heteroatoms. The Balaban J connectivity index is 2.09. The predicted octanol–water partition coefficient (Wildman–Crippen LogP) is 3.37. The number of aromatic nitrogens is 1. The minimum absolute atomic E-state index is 0.0485. The molecule has 0 bridgehead atoms. The van der Waals surface area contributed by atoms with E-state index in [4.69, 9.17) is 19.2 Å². The molecule has 0 atom stereocenters. The van der Waals surface area contributed by atoms with Gasteiger partial charge in [-0.2, -0.15) is 0 Å². The standard InChI is InChI=1S/C20H20N2O4Se/c1-12-17(13-8-6-5-7-9-13)21-20(27-12)18(22-23)14-10-15(24-2)19(26-4)16(11-14)25-3/h5-11,23H,1-4H3. The fourth-order valence-corrected chi connectivity index (χ4v) is 4.78. The zero-order valence-corrected chi connectivity index (χ0v) is 17.2. The van der Waals surface area contributed by atoms with Gasteiger partial charge in [0.1, 0.15) is 0 Å². The molecule has 0 aliphatic rings. The molecule has 0 spiro atoms. The van der Waals surface area contributed by atoms with Gasteiger partial charge in [0.2, 0.25) is 0 Å². The molecule has 1 N–H and O–H groups in total. The van der Waals surface area contributed by atoms with E-state index in [-0.39, 0.29) is 14.5 Å². The molecular formula is C20H20N2O4Se. The minimum atomic E-state index is -0.0485.